The molecule has 1 unspecified atom stereocenters. The number of hydrogen-bond acceptors (Lipinski definition) is 5. The zero-order chi connectivity index (χ0) is 21.6. The maximum absolute atomic E-state index is 12.4. The number of nitrogens with one attached hydrogen (secondary N) is 2. The van der Waals surface area contributed by atoms with Crippen molar-refractivity contribution < 1.29 is 14.3 Å². The van der Waals surface area contributed by atoms with Gasteiger partial charge in [0, 0.05) is 45.0 Å². The van der Waals surface area contributed by atoms with E-state index in [2.05, 4.69) is 20.6 Å². The summed E-state index contributed by atoms with van der Waals surface area (Å²) in [7, 11) is 1.75. The van der Waals surface area contributed by atoms with E-state index in [-0.39, 0.29) is 36.1 Å². The van der Waals surface area contributed by atoms with Crippen LogP contribution >= 0.6 is 24.0 Å². The molecule has 2 N–H and O–H groups in total. The Morgan fingerprint density at radius 3 is 2.77 bits per heavy atom. The van der Waals surface area contributed by atoms with E-state index in [9.17, 15) is 4.79 Å². The molecule has 9 heteroatoms. The van der Waals surface area contributed by atoms with Crippen LogP contribution in [-0.4, -0.2) is 60.3 Å². The molecule has 1 atom stereocenters. The molecule has 1 aliphatic heterocycles. The summed E-state index contributed by atoms with van der Waals surface area (Å²) in [6.07, 6.45) is 5.95. The van der Waals surface area contributed by atoms with Crippen molar-refractivity contribution in [1.82, 2.24) is 20.5 Å². The van der Waals surface area contributed by atoms with Crippen molar-refractivity contribution in [2.24, 2.45) is 10.9 Å². The number of amides is 1. The minimum Gasteiger partial charge on any atom is -0.477 e. The highest BCUT2D eigenvalue weighted by atomic mass is 127. The molecule has 1 amide bonds. The molecule has 174 valence electrons. The van der Waals surface area contributed by atoms with E-state index in [1.54, 1.807) is 18.1 Å². The Hall–Kier alpha value is -1.78. The molecule has 0 spiro atoms. The van der Waals surface area contributed by atoms with Gasteiger partial charge < -0.3 is 25.0 Å². The van der Waals surface area contributed by atoms with E-state index >= 15 is 0 Å². The number of carbonyl (C=O) groups is 1. The summed E-state index contributed by atoms with van der Waals surface area (Å²) in [6.45, 7) is 8.35. The highest BCUT2D eigenvalue weighted by Gasteiger charge is 2.28. The Labute approximate surface area is 202 Å². The molecule has 2 fully saturated rings. The summed E-state index contributed by atoms with van der Waals surface area (Å²) in [5.74, 6) is 2.08. The van der Waals surface area contributed by atoms with Crippen LogP contribution in [0.4, 0.5) is 4.79 Å². The Bertz CT molecular complexity index is 749. The summed E-state index contributed by atoms with van der Waals surface area (Å²) in [5, 5.41) is 6.77. The van der Waals surface area contributed by atoms with Crippen molar-refractivity contribution in [2.45, 2.75) is 64.6 Å². The summed E-state index contributed by atoms with van der Waals surface area (Å²) in [4.78, 5) is 22.8. The van der Waals surface area contributed by atoms with Crippen molar-refractivity contribution >= 4 is 36.0 Å². The molecule has 1 aromatic heterocycles. The van der Waals surface area contributed by atoms with Gasteiger partial charge in [0.2, 0.25) is 5.88 Å². The van der Waals surface area contributed by atoms with Crippen molar-refractivity contribution in [3.05, 3.63) is 23.9 Å². The van der Waals surface area contributed by atoms with E-state index in [4.69, 9.17) is 9.47 Å². The molecule has 0 radical (unpaired) electrons. The minimum atomic E-state index is -0.485. The number of guanidine groups is 1. The van der Waals surface area contributed by atoms with Crippen molar-refractivity contribution in [1.29, 1.82) is 0 Å². The SMILES string of the molecule is CN=C(NCc1ccnc(OCC2CC2)c1)NC1CCCN(C(=O)OC(C)(C)C)C1.I. The fraction of sp³-hybridized carbons (Fsp3) is 0.682. The second kappa shape index (κ2) is 11.7. The van der Waals surface area contributed by atoms with Gasteiger partial charge in [-0.05, 0) is 64.0 Å². The van der Waals surface area contributed by atoms with Crippen LogP contribution in [0.5, 0.6) is 5.88 Å². The normalized spacial score (nSPS) is 19.3. The Morgan fingerprint density at radius 1 is 1.32 bits per heavy atom. The molecule has 3 rings (SSSR count). The Kier molecular flexibility index (Phi) is 9.64. The lowest BCUT2D eigenvalue weighted by molar-refractivity contribution is 0.0193. The number of nitrogens with zero attached hydrogens (tertiary/aromatic N) is 3. The minimum absolute atomic E-state index is 0. The van der Waals surface area contributed by atoms with Gasteiger partial charge in [-0.2, -0.15) is 0 Å². The van der Waals surface area contributed by atoms with Gasteiger partial charge in [-0.25, -0.2) is 9.78 Å². The van der Waals surface area contributed by atoms with Crippen LogP contribution in [0.25, 0.3) is 0 Å². The molecule has 1 saturated carbocycles. The predicted molar refractivity (Wildman–Crippen MR) is 132 cm³/mol. The Morgan fingerprint density at radius 2 is 2.10 bits per heavy atom. The number of hydrogen-bond donors (Lipinski definition) is 2. The fourth-order valence-corrected chi connectivity index (χ4v) is 3.29. The van der Waals surface area contributed by atoms with E-state index in [1.165, 1.54) is 12.8 Å². The fourth-order valence-electron chi connectivity index (χ4n) is 3.29. The monoisotopic (exact) mass is 545 g/mol. The smallest absolute Gasteiger partial charge is 0.410 e. The first-order valence-corrected chi connectivity index (χ1v) is 10.9. The number of ether oxygens (including phenoxy) is 2. The number of aromatic nitrogens is 1. The number of pyridine rings is 1. The number of piperidine rings is 1. The quantitative estimate of drug-likeness (QED) is 0.323. The number of halogens is 1. The van der Waals surface area contributed by atoms with Gasteiger partial charge in [0.1, 0.15) is 5.60 Å². The van der Waals surface area contributed by atoms with Crippen LogP contribution in [0.1, 0.15) is 52.0 Å². The van der Waals surface area contributed by atoms with E-state index in [0.29, 0.717) is 30.8 Å². The van der Waals surface area contributed by atoms with E-state index in [1.807, 2.05) is 32.9 Å². The lowest BCUT2D eigenvalue weighted by Crippen LogP contribution is -2.53. The summed E-state index contributed by atoms with van der Waals surface area (Å²) >= 11 is 0. The van der Waals surface area contributed by atoms with Gasteiger partial charge in [0.25, 0.3) is 0 Å². The van der Waals surface area contributed by atoms with Crippen LogP contribution in [0.2, 0.25) is 0 Å². The topological polar surface area (TPSA) is 88.1 Å². The van der Waals surface area contributed by atoms with Gasteiger partial charge in [-0.1, -0.05) is 0 Å². The highest BCUT2D eigenvalue weighted by Crippen LogP contribution is 2.29. The molecule has 2 aliphatic rings. The van der Waals surface area contributed by atoms with Crippen LogP contribution in [0, 0.1) is 5.92 Å². The van der Waals surface area contributed by atoms with Crippen molar-refractivity contribution in [3.63, 3.8) is 0 Å². The first-order chi connectivity index (χ1) is 14.3. The van der Waals surface area contributed by atoms with Gasteiger partial charge in [0.05, 0.1) is 6.61 Å². The van der Waals surface area contributed by atoms with E-state index < -0.39 is 5.60 Å². The molecule has 8 nitrogen and oxygen atoms in total. The number of rotatable bonds is 6. The second-order valence-electron chi connectivity index (χ2n) is 9.09. The third kappa shape index (κ3) is 9.08. The lowest BCUT2D eigenvalue weighted by Gasteiger charge is -2.35. The molecular formula is C22H36IN5O3. The standard InChI is InChI=1S/C22H35N5O3.HI/c1-22(2,3)30-21(28)27-11-5-6-18(14-27)26-20(23-4)25-13-17-9-10-24-19(12-17)29-15-16-7-8-16;/h9-10,12,16,18H,5-8,11,13-15H2,1-4H3,(H2,23,25,26);1H. The maximum Gasteiger partial charge on any atom is 0.410 e. The number of likely N-dealkylation sites (tertiary alicyclic amines) is 1. The highest BCUT2D eigenvalue weighted by molar-refractivity contribution is 14.0. The van der Waals surface area contributed by atoms with Crippen LogP contribution in [0.3, 0.4) is 0 Å². The molecule has 31 heavy (non-hydrogen) atoms. The van der Waals surface area contributed by atoms with Gasteiger partial charge in [-0.3, -0.25) is 4.99 Å². The third-order valence-corrected chi connectivity index (χ3v) is 5.06. The van der Waals surface area contributed by atoms with Crippen molar-refractivity contribution in [3.8, 4) is 5.88 Å². The molecule has 1 aromatic rings. The van der Waals surface area contributed by atoms with Crippen LogP contribution < -0.4 is 15.4 Å². The molecule has 1 saturated heterocycles. The van der Waals surface area contributed by atoms with Crippen molar-refractivity contribution in [2.75, 3.05) is 26.7 Å². The molecule has 2 heterocycles. The zero-order valence-corrected chi connectivity index (χ0v) is 21.3. The van der Waals surface area contributed by atoms with Crippen LogP contribution in [0.15, 0.2) is 23.3 Å². The molecule has 0 aromatic carbocycles. The summed E-state index contributed by atoms with van der Waals surface area (Å²) in [6, 6.07) is 4.06. The zero-order valence-electron chi connectivity index (χ0n) is 19.0. The van der Waals surface area contributed by atoms with Crippen LogP contribution in [-0.2, 0) is 11.3 Å². The second-order valence-corrected chi connectivity index (χ2v) is 9.09. The van der Waals surface area contributed by atoms with Gasteiger partial charge in [0.15, 0.2) is 5.96 Å². The average Bonchev–Trinajstić information content (AvgIpc) is 3.53. The molecule has 0 bridgehead atoms. The molecular weight excluding hydrogens is 509 g/mol. The number of carbonyl (C=O) groups excluding carboxylic acids is 1. The molecule has 1 aliphatic carbocycles. The predicted octanol–water partition coefficient (Wildman–Crippen LogP) is 3.55. The first kappa shape index (κ1) is 25.5. The van der Waals surface area contributed by atoms with E-state index in [0.717, 1.165) is 31.6 Å². The van der Waals surface area contributed by atoms with Gasteiger partial charge in [-0.15, -0.1) is 24.0 Å². The summed E-state index contributed by atoms with van der Waals surface area (Å²) in [5.41, 5.74) is 0.596. The average molecular weight is 545 g/mol. The largest absolute Gasteiger partial charge is 0.477 e. The first-order valence-electron chi connectivity index (χ1n) is 10.9. The summed E-state index contributed by atoms with van der Waals surface area (Å²) < 4.78 is 11.3. The number of aliphatic imine (C=N–C) groups is 1. The third-order valence-electron chi connectivity index (χ3n) is 5.06. The Balaban J connectivity index is 0.00000341. The lowest BCUT2D eigenvalue weighted by atomic mass is 10.1. The maximum atomic E-state index is 12.4. The van der Waals surface area contributed by atoms with Gasteiger partial charge >= 0.3 is 6.09 Å².